The molecule has 0 rings (SSSR count). The largest absolute Gasteiger partial charge is 0.483 e. The summed E-state index contributed by atoms with van der Waals surface area (Å²) in [6.45, 7) is 4.75. The number of hydrogen-bond donors (Lipinski definition) is 1. The third-order valence-corrected chi connectivity index (χ3v) is 0.513. The summed E-state index contributed by atoms with van der Waals surface area (Å²) in [7, 11) is 0. The van der Waals surface area contributed by atoms with Gasteiger partial charge in [0.25, 0.3) is 0 Å². The van der Waals surface area contributed by atoms with Crippen molar-refractivity contribution in [2.45, 2.75) is 13.8 Å². The second-order valence-corrected chi connectivity index (χ2v) is 1.85. The first-order valence-electron chi connectivity index (χ1n) is 2.38. The Kier molecular flexibility index (Phi) is 9.03. The van der Waals surface area contributed by atoms with Crippen molar-refractivity contribution in [2.24, 2.45) is 5.92 Å². The molecule has 0 heterocycles. The van der Waals surface area contributed by atoms with Gasteiger partial charge in [0.2, 0.25) is 0 Å². The Morgan fingerprint density at radius 3 is 2.25 bits per heavy atom. The maximum atomic E-state index is 6.45. The molecule has 0 spiro atoms. The summed E-state index contributed by atoms with van der Waals surface area (Å²) in [5, 5.41) is 6.45. The second kappa shape index (κ2) is 6.76. The molecule has 8 heavy (non-hydrogen) atoms. The van der Waals surface area contributed by atoms with Crippen molar-refractivity contribution < 1.29 is 4.74 Å². The molecule has 0 aromatic heterocycles. The smallest absolute Gasteiger partial charge is 0.166 e. The lowest BCUT2D eigenvalue weighted by atomic mass is 10.2. The standard InChI is InChI=1S/C5H11NO.ClH/c1-5(2)3-7-4-6;/h4-6H,3H2,1-2H3;1H. The van der Waals surface area contributed by atoms with Crippen LogP contribution in [0.15, 0.2) is 0 Å². The normalized spacial score (nSPS) is 7.88. The van der Waals surface area contributed by atoms with E-state index in [-0.39, 0.29) is 12.4 Å². The van der Waals surface area contributed by atoms with Crippen LogP contribution >= 0.6 is 12.4 Å². The molecule has 0 atom stereocenters. The summed E-state index contributed by atoms with van der Waals surface area (Å²) >= 11 is 0. The third kappa shape index (κ3) is 9.23. The molecule has 0 radical (unpaired) electrons. The van der Waals surface area contributed by atoms with E-state index in [1.807, 2.05) is 13.8 Å². The summed E-state index contributed by atoms with van der Waals surface area (Å²) in [6, 6.07) is 0. The molecule has 0 unspecified atom stereocenters. The fourth-order valence-corrected chi connectivity index (χ4v) is 0.241. The van der Waals surface area contributed by atoms with Crippen molar-refractivity contribution >= 4 is 18.8 Å². The van der Waals surface area contributed by atoms with Crippen molar-refractivity contribution in [3.8, 4) is 0 Å². The highest BCUT2D eigenvalue weighted by atomic mass is 35.5. The van der Waals surface area contributed by atoms with E-state index in [2.05, 4.69) is 4.74 Å². The van der Waals surface area contributed by atoms with Crippen molar-refractivity contribution in [2.75, 3.05) is 6.61 Å². The number of nitrogens with one attached hydrogen (secondary N) is 1. The summed E-state index contributed by atoms with van der Waals surface area (Å²) in [5.41, 5.74) is 0. The minimum Gasteiger partial charge on any atom is -0.483 e. The molecule has 1 N–H and O–H groups in total. The first-order chi connectivity index (χ1) is 3.27. The van der Waals surface area contributed by atoms with Crippen LogP contribution in [-0.4, -0.2) is 13.0 Å². The molecule has 0 fully saturated rings. The molecule has 2 nitrogen and oxygen atoms in total. The average Bonchev–Trinajstić information content (AvgIpc) is 1.61. The van der Waals surface area contributed by atoms with Crippen molar-refractivity contribution in [1.29, 1.82) is 5.41 Å². The quantitative estimate of drug-likeness (QED) is 0.466. The van der Waals surface area contributed by atoms with Gasteiger partial charge in [0.15, 0.2) is 6.40 Å². The third-order valence-electron chi connectivity index (χ3n) is 0.513. The molecule has 0 aromatic carbocycles. The van der Waals surface area contributed by atoms with Gasteiger partial charge in [-0.25, -0.2) is 0 Å². The molecule has 0 saturated heterocycles. The predicted molar refractivity (Wildman–Crippen MR) is 36.8 cm³/mol. The molecule has 0 amide bonds. The second-order valence-electron chi connectivity index (χ2n) is 1.85. The van der Waals surface area contributed by atoms with Gasteiger partial charge in [-0.15, -0.1) is 12.4 Å². The first kappa shape index (κ1) is 10.7. The van der Waals surface area contributed by atoms with E-state index in [1.165, 1.54) is 0 Å². The average molecular weight is 138 g/mol. The molecule has 3 heteroatoms. The minimum atomic E-state index is 0. The van der Waals surface area contributed by atoms with Crippen molar-refractivity contribution in [3.05, 3.63) is 0 Å². The van der Waals surface area contributed by atoms with Gasteiger partial charge in [-0.3, -0.25) is 5.41 Å². The summed E-state index contributed by atoms with van der Waals surface area (Å²) in [4.78, 5) is 0. The van der Waals surface area contributed by atoms with Gasteiger partial charge in [0.05, 0.1) is 6.61 Å². The van der Waals surface area contributed by atoms with Crippen LogP contribution in [0.2, 0.25) is 0 Å². The minimum absolute atomic E-state index is 0. The van der Waals surface area contributed by atoms with Gasteiger partial charge in [-0.2, -0.15) is 0 Å². The molecular formula is C5H12ClNO. The molecule has 0 bridgehead atoms. The molecule has 50 valence electrons. The van der Waals surface area contributed by atoms with E-state index < -0.39 is 0 Å². The van der Waals surface area contributed by atoms with Crippen LogP contribution in [0.3, 0.4) is 0 Å². The Hall–Kier alpha value is -0.240. The lowest BCUT2D eigenvalue weighted by Gasteiger charge is -1.99. The van der Waals surface area contributed by atoms with Crippen LogP contribution in [0, 0.1) is 11.3 Å². The van der Waals surface area contributed by atoms with Crippen molar-refractivity contribution in [1.82, 2.24) is 0 Å². The maximum absolute atomic E-state index is 6.45. The highest BCUT2D eigenvalue weighted by Crippen LogP contribution is 1.88. The van der Waals surface area contributed by atoms with Gasteiger partial charge >= 0.3 is 0 Å². The highest BCUT2D eigenvalue weighted by Gasteiger charge is 1.87. The Morgan fingerprint density at radius 1 is 1.62 bits per heavy atom. The zero-order valence-electron chi connectivity index (χ0n) is 5.18. The van der Waals surface area contributed by atoms with Crippen LogP contribution in [0.1, 0.15) is 13.8 Å². The fourth-order valence-electron chi connectivity index (χ4n) is 0.241. The highest BCUT2D eigenvalue weighted by molar-refractivity contribution is 5.85. The van der Waals surface area contributed by atoms with Crippen LogP contribution in [0.25, 0.3) is 0 Å². The Labute approximate surface area is 56.2 Å². The fraction of sp³-hybridized carbons (Fsp3) is 0.800. The molecule has 0 aliphatic heterocycles. The monoisotopic (exact) mass is 137 g/mol. The van der Waals surface area contributed by atoms with Gasteiger partial charge in [-0.05, 0) is 5.92 Å². The lowest BCUT2D eigenvalue weighted by Crippen LogP contribution is -1.98. The maximum Gasteiger partial charge on any atom is 0.166 e. The Morgan fingerprint density at radius 2 is 2.12 bits per heavy atom. The zero-order valence-corrected chi connectivity index (χ0v) is 5.99. The van der Waals surface area contributed by atoms with Gasteiger partial charge in [0, 0.05) is 0 Å². The number of halogens is 1. The van der Waals surface area contributed by atoms with E-state index in [9.17, 15) is 0 Å². The summed E-state index contributed by atoms with van der Waals surface area (Å²) in [5.74, 6) is 0.529. The Balaban J connectivity index is 0. The molecule has 0 aliphatic carbocycles. The number of ether oxygens (including phenoxy) is 1. The Bertz CT molecular complexity index is 56.4. The van der Waals surface area contributed by atoms with Gasteiger partial charge in [-0.1, -0.05) is 13.8 Å². The van der Waals surface area contributed by atoms with Crippen LogP contribution in [0.4, 0.5) is 0 Å². The van der Waals surface area contributed by atoms with Crippen LogP contribution in [-0.2, 0) is 4.74 Å². The van der Waals surface area contributed by atoms with Crippen LogP contribution < -0.4 is 0 Å². The molecular weight excluding hydrogens is 126 g/mol. The summed E-state index contributed by atoms with van der Waals surface area (Å²) < 4.78 is 4.64. The number of hydrogen-bond acceptors (Lipinski definition) is 2. The molecule has 0 saturated carbocycles. The van der Waals surface area contributed by atoms with E-state index in [1.54, 1.807) is 0 Å². The number of rotatable bonds is 3. The lowest BCUT2D eigenvalue weighted by molar-refractivity contribution is 0.269. The first-order valence-corrected chi connectivity index (χ1v) is 2.38. The van der Waals surface area contributed by atoms with Crippen LogP contribution in [0.5, 0.6) is 0 Å². The van der Waals surface area contributed by atoms with E-state index >= 15 is 0 Å². The molecule has 0 aliphatic rings. The van der Waals surface area contributed by atoms with Gasteiger partial charge in [0.1, 0.15) is 0 Å². The van der Waals surface area contributed by atoms with E-state index in [0.717, 1.165) is 6.40 Å². The zero-order chi connectivity index (χ0) is 5.70. The van der Waals surface area contributed by atoms with E-state index in [0.29, 0.717) is 12.5 Å². The summed E-state index contributed by atoms with van der Waals surface area (Å²) in [6.07, 6.45) is 0.972. The van der Waals surface area contributed by atoms with E-state index in [4.69, 9.17) is 5.41 Å². The predicted octanol–water partition coefficient (Wildman–Crippen LogP) is 1.69. The van der Waals surface area contributed by atoms with Crippen molar-refractivity contribution in [3.63, 3.8) is 0 Å². The topological polar surface area (TPSA) is 33.1 Å². The van der Waals surface area contributed by atoms with Gasteiger partial charge < -0.3 is 4.74 Å². The molecule has 0 aromatic rings. The SMILES string of the molecule is CC(C)COC=N.Cl.